The smallest absolute Gasteiger partial charge is 0.331 e. The Bertz CT molecular complexity index is 263. The van der Waals surface area contributed by atoms with Crippen LogP contribution in [0.1, 0.15) is 26.2 Å². The third-order valence-electron chi connectivity index (χ3n) is 2.17. The molecule has 1 rings (SSSR count). The van der Waals surface area contributed by atoms with Crippen molar-refractivity contribution in [2.75, 3.05) is 6.61 Å². The van der Waals surface area contributed by atoms with Crippen molar-refractivity contribution in [3.05, 3.63) is 11.6 Å². The predicted octanol–water partition coefficient (Wildman–Crippen LogP) is 1.80. The molecule has 1 atom stereocenters. The molecule has 0 aromatic rings. The third-order valence-corrected chi connectivity index (χ3v) is 2.17. The highest BCUT2D eigenvalue weighted by Crippen LogP contribution is 2.29. The van der Waals surface area contributed by atoms with Gasteiger partial charge >= 0.3 is 5.97 Å². The number of hydrogen-bond acceptors (Lipinski definition) is 3. The van der Waals surface area contributed by atoms with Gasteiger partial charge in [-0.15, -0.1) is 0 Å². The van der Waals surface area contributed by atoms with Crippen molar-refractivity contribution >= 4 is 5.97 Å². The van der Waals surface area contributed by atoms with Crippen LogP contribution in [0.5, 0.6) is 0 Å². The lowest BCUT2D eigenvalue weighted by Crippen LogP contribution is -2.01. The largest absolute Gasteiger partial charge is 0.447 e. The van der Waals surface area contributed by atoms with Gasteiger partial charge in [0, 0.05) is 6.08 Å². The fraction of sp³-hybridized carbons (Fsp3) is 0.600. The summed E-state index contributed by atoms with van der Waals surface area (Å²) in [5.74, 6) is 0.292. The van der Waals surface area contributed by atoms with Crippen LogP contribution in [0.4, 0.5) is 0 Å². The summed E-state index contributed by atoms with van der Waals surface area (Å²) in [5.41, 5.74) is 1.15. The first-order chi connectivity index (χ1) is 6.22. The van der Waals surface area contributed by atoms with Crippen LogP contribution in [-0.2, 0) is 9.53 Å². The number of esters is 1. The van der Waals surface area contributed by atoms with Crippen molar-refractivity contribution in [2.45, 2.75) is 26.2 Å². The van der Waals surface area contributed by atoms with E-state index in [4.69, 9.17) is 5.26 Å². The zero-order valence-electron chi connectivity index (χ0n) is 7.75. The van der Waals surface area contributed by atoms with Crippen LogP contribution in [0.15, 0.2) is 11.6 Å². The van der Waals surface area contributed by atoms with Crippen LogP contribution in [0.2, 0.25) is 0 Å². The molecule has 1 aliphatic carbocycles. The van der Waals surface area contributed by atoms with E-state index in [9.17, 15) is 4.79 Å². The van der Waals surface area contributed by atoms with Gasteiger partial charge < -0.3 is 4.74 Å². The maximum atomic E-state index is 11.0. The maximum absolute atomic E-state index is 11.0. The number of carbonyl (C=O) groups is 1. The summed E-state index contributed by atoms with van der Waals surface area (Å²) in [6.45, 7) is 2.01. The minimum atomic E-state index is -0.384. The van der Waals surface area contributed by atoms with Crippen LogP contribution >= 0.6 is 0 Å². The Kier molecular flexibility index (Phi) is 3.51. The summed E-state index contributed by atoms with van der Waals surface area (Å²) < 4.78 is 4.61. The normalized spacial score (nSPS) is 24.3. The van der Waals surface area contributed by atoms with Crippen molar-refractivity contribution in [1.82, 2.24) is 0 Å². The second-order valence-corrected chi connectivity index (χ2v) is 3.42. The van der Waals surface area contributed by atoms with Gasteiger partial charge in [0.05, 0.1) is 0 Å². The minimum absolute atomic E-state index is 0.155. The molecular formula is C10H13NO2. The van der Waals surface area contributed by atoms with Gasteiger partial charge in [0.25, 0.3) is 0 Å². The van der Waals surface area contributed by atoms with Crippen LogP contribution in [0, 0.1) is 17.2 Å². The topological polar surface area (TPSA) is 50.1 Å². The highest BCUT2D eigenvalue weighted by Gasteiger charge is 2.15. The van der Waals surface area contributed by atoms with E-state index in [1.165, 1.54) is 6.08 Å². The van der Waals surface area contributed by atoms with Crippen LogP contribution in [0.25, 0.3) is 0 Å². The minimum Gasteiger partial charge on any atom is -0.447 e. The van der Waals surface area contributed by atoms with Gasteiger partial charge in [-0.2, -0.15) is 5.26 Å². The average molecular weight is 179 g/mol. The van der Waals surface area contributed by atoms with Gasteiger partial charge in [0.15, 0.2) is 6.61 Å². The van der Waals surface area contributed by atoms with E-state index in [1.54, 1.807) is 6.07 Å². The first kappa shape index (κ1) is 9.79. The number of hydrogen-bond donors (Lipinski definition) is 0. The summed E-state index contributed by atoms with van der Waals surface area (Å²) >= 11 is 0. The Balaban J connectivity index is 2.38. The summed E-state index contributed by atoms with van der Waals surface area (Å²) in [5, 5.41) is 8.17. The molecule has 3 heteroatoms. The lowest BCUT2D eigenvalue weighted by molar-refractivity contribution is -0.136. The van der Waals surface area contributed by atoms with Crippen LogP contribution < -0.4 is 0 Å². The van der Waals surface area contributed by atoms with E-state index in [0.717, 1.165) is 24.8 Å². The van der Waals surface area contributed by atoms with Crippen molar-refractivity contribution in [2.24, 2.45) is 5.92 Å². The molecule has 0 radical (unpaired) electrons. The summed E-state index contributed by atoms with van der Waals surface area (Å²) in [7, 11) is 0. The lowest BCUT2D eigenvalue weighted by Gasteiger charge is -1.97. The fourth-order valence-electron chi connectivity index (χ4n) is 1.53. The summed E-state index contributed by atoms with van der Waals surface area (Å²) in [4.78, 5) is 11.0. The standard InChI is InChI=1S/C10H13NO2/c1-8-2-3-9(6-8)7-10(12)13-5-4-11/h7-8H,2-3,5-6H2,1H3/b9-7-. The molecule has 3 nitrogen and oxygen atoms in total. The van der Waals surface area contributed by atoms with E-state index in [-0.39, 0.29) is 12.6 Å². The molecule has 1 saturated carbocycles. The lowest BCUT2D eigenvalue weighted by atomic mass is 10.1. The van der Waals surface area contributed by atoms with Gasteiger partial charge in [0.2, 0.25) is 0 Å². The van der Waals surface area contributed by atoms with Gasteiger partial charge in [-0.3, -0.25) is 0 Å². The molecule has 1 aliphatic rings. The molecule has 0 aliphatic heterocycles. The molecule has 0 saturated heterocycles. The highest BCUT2D eigenvalue weighted by atomic mass is 16.5. The molecule has 0 N–H and O–H groups in total. The Labute approximate surface area is 78.0 Å². The molecule has 0 bridgehead atoms. The van der Waals surface area contributed by atoms with Crippen LogP contribution in [-0.4, -0.2) is 12.6 Å². The molecular weight excluding hydrogens is 166 g/mol. The zero-order valence-corrected chi connectivity index (χ0v) is 7.75. The van der Waals surface area contributed by atoms with E-state index in [1.807, 2.05) is 0 Å². The highest BCUT2D eigenvalue weighted by molar-refractivity contribution is 5.82. The fourth-order valence-corrected chi connectivity index (χ4v) is 1.53. The Morgan fingerprint density at radius 3 is 3.15 bits per heavy atom. The Hall–Kier alpha value is -1.30. The predicted molar refractivity (Wildman–Crippen MR) is 47.7 cm³/mol. The van der Waals surface area contributed by atoms with E-state index in [2.05, 4.69) is 11.7 Å². The molecule has 0 heterocycles. The average Bonchev–Trinajstić information content (AvgIpc) is 2.48. The first-order valence-electron chi connectivity index (χ1n) is 4.45. The molecule has 13 heavy (non-hydrogen) atoms. The number of nitrogens with zero attached hydrogens (tertiary/aromatic N) is 1. The monoisotopic (exact) mass is 179 g/mol. The SMILES string of the molecule is CC1CC/C(=C/C(=O)OCC#N)C1. The molecule has 0 amide bonds. The van der Waals surface area contributed by atoms with Gasteiger partial charge in [-0.1, -0.05) is 12.5 Å². The summed E-state index contributed by atoms with van der Waals surface area (Å²) in [6.07, 6.45) is 4.66. The number of carbonyl (C=O) groups excluding carboxylic acids is 1. The van der Waals surface area contributed by atoms with E-state index >= 15 is 0 Å². The van der Waals surface area contributed by atoms with Crippen LogP contribution in [0.3, 0.4) is 0 Å². The van der Waals surface area contributed by atoms with E-state index in [0.29, 0.717) is 5.92 Å². The van der Waals surface area contributed by atoms with Crippen molar-refractivity contribution in [3.63, 3.8) is 0 Å². The number of allylic oxidation sites excluding steroid dienone is 1. The molecule has 1 fully saturated rings. The van der Waals surface area contributed by atoms with Gasteiger partial charge in [0.1, 0.15) is 6.07 Å². The Morgan fingerprint density at radius 2 is 2.62 bits per heavy atom. The van der Waals surface area contributed by atoms with Crippen molar-refractivity contribution in [1.29, 1.82) is 5.26 Å². The number of rotatable bonds is 2. The number of nitriles is 1. The van der Waals surface area contributed by atoms with Crippen molar-refractivity contribution < 1.29 is 9.53 Å². The maximum Gasteiger partial charge on any atom is 0.331 e. The molecule has 0 aromatic heterocycles. The van der Waals surface area contributed by atoms with Crippen molar-refractivity contribution in [3.8, 4) is 6.07 Å². The molecule has 0 spiro atoms. The second kappa shape index (κ2) is 4.66. The third kappa shape index (κ3) is 3.29. The van der Waals surface area contributed by atoms with Gasteiger partial charge in [-0.05, 0) is 25.2 Å². The second-order valence-electron chi connectivity index (χ2n) is 3.42. The Morgan fingerprint density at radius 1 is 1.85 bits per heavy atom. The number of ether oxygens (including phenoxy) is 1. The molecule has 0 aromatic carbocycles. The van der Waals surface area contributed by atoms with Gasteiger partial charge in [-0.25, -0.2) is 4.79 Å². The molecule has 1 unspecified atom stereocenters. The zero-order chi connectivity index (χ0) is 9.68. The van der Waals surface area contributed by atoms with E-state index < -0.39 is 0 Å². The molecule has 70 valence electrons. The summed E-state index contributed by atoms with van der Waals surface area (Å²) in [6, 6.07) is 1.76. The quantitative estimate of drug-likeness (QED) is 0.479. The first-order valence-corrected chi connectivity index (χ1v) is 4.45.